The van der Waals surface area contributed by atoms with E-state index in [-0.39, 0.29) is 18.0 Å². The maximum atomic E-state index is 10.3. The molecule has 0 aromatic rings. The lowest BCUT2D eigenvalue weighted by Crippen LogP contribution is -1.97. The molecule has 0 rings (SSSR count). The molecule has 0 heterocycles. The van der Waals surface area contributed by atoms with Crippen LogP contribution in [0.15, 0.2) is 0 Å². The van der Waals surface area contributed by atoms with Crippen molar-refractivity contribution in [3.8, 4) is 0 Å². The summed E-state index contributed by atoms with van der Waals surface area (Å²) in [4.78, 5) is 61.3. The van der Waals surface area contributed by atoms with E-state index in [9.17, 15) is 28.8 Å². The number of hydrogen-bond donors (Lipinski definition) is 0. The topological polar surface area (TPSA) is 102 Å². The zero-order valence-corrected chi connectivity index (χ0v) is 13.2. The van der Waals surface area contributed by atoms with Crippen LogP contribution in [-0.4, -0.2) is 34.7 Å². The van der Waals surface area contributed by atoms with Crippen molar-refractivity contribution in [2.45, 2.75) is 60.7 Å². The van der Waals surface area contributed by atoms with Gasteiger partial charge >= 0.3 is 0 Å². The molecule has 0 radical (unpaired) electrons. The Morgan fingerprint density at radius 2 is 0.714 bits per heavy atom. The summed E-state index contributed by atoms with van der Waals surface area (Å²) in [5.74, 6) is -3.09. The molecule has 0 aliphatic heterocycles. The average molecular weight is 304 g/mol. The van der Waals surface area contributed by atoms with E-state index in [2.05, 4.69) is 0 Å². The molecule has 6 nitrogen and oxygen atoms in total. The van der Waals surface area contributed by atoms with Gasteiger partial charge in [0.05, 0.1) is 19.2 Å². The van der Waals surface area contributed by atoms with Crippen LogP contribution in [0.3, 0.4) is 0 Å². The summed E-state index contributed by atoms with van der Waals surface area (Å²) in [6.45, 7) is 7.04. The number of hydrogen-bond acceptors (Lipinski definition) is 6. The first kappa shape index (κ1) is 15.4. The van der Waals surface area contributed by atoms with Crippen LogP contribution in [0.1, 0.15) is 66.2 Å². The molecule has 6 heteroatoms. The summed E-state index contributed by atoms with van der Waals surface area (Å²) in [7, 11) is 0. The molecule has 0 atom stereocenters. The van der Waals surface area contributed by atoms with Gasteiger partial charge in [0.15, 0.2) is 0 Å². The van der Waals surface area contributed by atoms with E-state index in [0.29, 0.717) is 0 Å². The zero-order chi connectivity index (χ0) is 21.2. The zero-order valence-electron chi connectivity index (χ0n) is 17.2. The second-order valence-electron chi connectivity index (χ2n) is 4.06. The summed E-state index contributed by atoms with van der Waals surface area (Å²) in [6, 6.07) is 0. The summed E-state index contributed by atoms with van der Waals surface area (Å²) >= 11 is 0. The Morgan fingerprint density at radius 1 is 0.524 bits per heavy atom. The third-order valence-corrected chi connectivity index (χ3v) is 1.20. The van der Waals surface area contributed by atoms with Crippen LogP contribution in [0, 0.1) is 0 Å². The van der Waals surface area contributed by atoms with E-state index in [1.165, 1.54) is 13.8 Å². The predicted octanol–water partition coefficient (Wildman–Crippen LogP) is 1.66. The highest BCUT2D eigenvalue weighted by Crippen LogP contribution is 1.81. The minimum absolute atomic E-state index is 0.0625. The standard InChI is InChI=1S/3C5H8O2/c3*1-4(6)3-5(2)7/h3*3H2,1-2H3/i2*3D2;. The molecule has 0 aromatic carbocycles. The van der Waals surface area contributed by atoms with Gasteiger partial charge in [0.25, 0.3) is 0 Å². The van der Waals surface area contributed by atoms with Crippen molar-refractivity contribution in [2.24, 2.45) is 0 Å². The Kier molecular flexibility index (Phi) is 10.6. The van der Waals surface area contributed by atoms with Crippen molar-refractivity contribution in [2.75, 3.05) is 0 Å². The van der Waals surface area contributed by atoms with E-state index in [4.69, 9.17) is 5.48 Å². The quantitative estimate of drug-likeness (QED) is 0.691. The SMILES string of the molecule is CC(=O)CC(C)=O.[2H]C([2H])(C(C)=O)C(C)=O.[2H]C([2H])(C(C)=O)C(C)=O. The molecule has 0 spiro atoms. The lowest BCUT2D eigenvalue weighted by atomic mass is 10.2. The fraction of sp³-hybridized carbons (Fsp3) is 0.600. The summed E-state index contributed by atoms with van der Waals surface area (Å²) in [5.41, 5.74) is 0. The van der Waals surface area contributed by atoms with Gasteiger partial charge in [0.1, 0.15) is 34.7 Å². The van der Waals surface area contributed by atoms with Gasteiger partial charge in [-0.2, -0.15) is 0 Å². The fourth-order valence-corrected chi connectivity index (χ4v) is 0.846. The molecular weight excluding hydrogens is 276 g/mol. The van der Waals surface area contributed by atoms with E-state index in [1.807, 2.05) is 0 Å². The number of ketones is 6. The van der Waals surface area contributed by atoms with Crippen LogP contribution in [0.4, 0.5) is 0 Å². The van der Waals surface area contributed by atoms with Crippen LogP contribution in [0.25, 0.3) is 0 Å². The lowest BCUT2D eigenvalue weighted by Gasteiger charge is -1.81. The van der Waals surface area contributed by atoms with Gasteiger partial charge in [-0.15, -0.1) is 0 Å². The van der Waals surface area contributed by atoms with Gasteiger partial charge in [-0.3, -0.25) is 28.8 Å². The first-order valence-corrected chi connectivity index (χ1v) is 5.93. The first-order valence-electron chi connectivity index (χ1n) is 7.93. The van der Waals surface area contributed by atoms with Crippen molar-refractivity contribution in [3.05, 3.63) is 0 Å². The van der Waals surface area contributed by atoms with E-state index < -0.39 is 35.9 Å². The molecule has 21 heavy (non-hydrogen) atoms. The largest absolute Gasteiger partial charge is 0.300 e. The number of rotatable bonds is 6. The van der Waals surface area contributed by atoms with Gasteiger partial charge in [0, 0.05) is 5.48 Å². The molecule has 0 aromatic heterocycles. The molecular formula is C15H24O6. The molecule has 0 saturated carbocycles. The third-order valence-electron chi connectivity index (χ3n) is 1.20. The Hall–Kier alpha value is -1.98. The minimum atomic E-state index is -2.28. The molecule has 0 amide bonds. The smallest absolute Gasteiger partial charge is 0.137 e. The Labute approximate surface area is 130 Å². The molecule has 0 fully saturated rings. The summed E-state index contributed by atoms with van der Waals surface area (Å²) in [6.07, 6.45) is -4.47. The molecule has 120 valence electrons. The van der Waals surface area contributed by atoms with Gasteiger partial charge in [-0.1, -0.05) is 0 Å². The van der Waals surface area contributed by atoms with Crippen LogP contribution < -0.4 is 0 Å². The van der Waals surface area contributed by atoms with Crippen molar-refractivity contribution >= 4 is 34.7 Å². The van der Waals surface area contributed by atoms with E-state index in [1.54, 1.807) is 0 Å². The monoisotopic (exact) mass is 304 g/mol. The molecule has 0 N–H and O–H groups in total. The van der Waals surface area contributed by atoms with E-state index in [0.717, 1.165) is 27.7 Å². The summed E-state index contributed by atoms with van der Waals surface area (Å²) < 4.78 is 27.2. The minimum Gasteiger partial charge on any atom is -0.300 e. The second kappa shape index (κ2) is 14.4. The van der Waals surface area contributed by atoms with Crippen LogP contribution in [-0.2, 0) is 28.8 Å². The maximum Gasteiger partial charge on any atom is 0.137 e. The summed E-state index contributed by atoms with van der Waals surface area (Å²) in [5, 5.41) is 0. The fourth-order valence-electron chi connectivity index (χ4n) is 0.846. The highest BCUT2D eigenvalue weighted by molar-refractivity contribution is 5.97. The van der Waals surface area contributed by atoms with Gasteiger partial charge in [-0.25, -0.2) is 0 Å². The Balaban J connectivity index is -0.000000293. The van der Waals surface area contributed by atoms with Crippen molar-refractivity contribution < 1.29 is 34.3 Å². The second-order valence-corrected chi connectivity index (χ2v) is 4.06. The number of carbonyl (C=O) groups is 6. The van der Waals surface area contributed by atoms with Crippen LogP contribution in [0.2, 0.25) is 0 Å². The van der Waals surface area contributed by atoms with Gasteiger partial charge in [0.2, 0.25) is 0 Å². The first-order chi connectivity index (χ1) is 10.9. The Morgan fingerprint density at radius 3 is 0.714 bits per heavy atom. The van der Waals surface area contributed by atoms with Crippen LogP contribution >= 0.6 is 0 Å². The molecule has 0 aliphatic rings. The van der Waals surface area contributed by atoms with Crippen molar-refractivity contribution in [3.63, 3.8) is 0 Å². The highest BCUT2D eigenvalue weighted by Gasteiger charge is 1.95. The lowest BCUT2D eigenvalue weighted by molar-refractivity contribution is -0.126. The van der Waals surface area contributed by atoms with E-state index >= 15 is 0 Å². The van der Waals surface area contributed by atoms with Crippen molar-refractivity contribution in [1.82, 2.24) is 0 Å². The normalized spacial score (nSPS) is 12.5. The van der Waals surface area contributed by atoms with Crippen LogP contribution in [0.5, 0.6) is 0 Å². The van der Waals surface area contributed by atoms with Crippen molar-refractivity contribution in [1.29, 1.82) is 0 Å². The third kappa shape index (κ3) is 46.1. The van der Waals surface area contributed by atoms with Gasteiger partial charge < -0.3 is 0 Å². The predicted molar refractivity (Wildman–Crippen MR) is 77.9 cm³/mol. The maximum absolute atomic E-state index is 10.3. The average Bonchev–Trinajstić information content (AvgIpc) is 2.37. The number of carbonyl (C=O) groups excluding carboxylic acids is 6. The number of Topliss-reactive ketones (excluding diaryl/α,β-unsaturated/α-hetero) is 6. The van der Waals surface area contributed by atoms with Gasteiger partial charge in [-0.05, 0) is 41.5 Å². The molecule has 0 aliphatic carbocycles. The Bertz CT molecular complexity index is 472. The molecule has 0 unspecified atom stereocenters. The molecule has 0 saturated heterocycles. The highest BCUT2D eigenvalue weighted by atomic mass is 16.2. The molecule has 0 bridgehead atoms.